The monoisotopic (exact) mass is 640 g/mol. The number of ether oxygens (including phenoxy) is 1. The zero-order valence-electron chi connectivity index (χ0n) is 21.8. The second-order valence-electron chi connectivity index (χ2n) is 9.27. The van der Waals surface area contributed by atoms with Gasteiger partial charge in [-0.25, -0.2) is 19.7 Å². The van der Waals surface area contributed by atoms with Crippen LogP contribution in [0.4, 0.5) is 32.0 Å². The van der Waals surface area contributed by atoms with Crippen LogP contribution in [0, 0.1) is 0 Å². The molecule has 1 aliphatic heterocycles. The molecular weight excluding hydrogens is 622 g/mol. The third kappa shape index (κ3) is 7.12. The Bertz CT molecular complexity index is 1670. The Balaban J connectivity index is 1.33. The zero-order valence-corrected chi connectivity index (χ0v) is 23.4. The minimum Gasteiger partial charge on any atom is -0.406 e. The van der Waals surface area contributed by atoms with Crippen molar-refractivity contribution < 1.29 is 36.2 Å². The summed E-state index contributed by atoms with van der Waals surface area (Å²) in [6.45, 7) is 1.46. The van der Waals surface area contributed by atoms with Gasteiger partial charge in [0.15, 0.2) is 16.7 Å². The van der Waals surface area contributed by atoms with Crippen LogP contribution < -0.4 is 4.74 Å². The van der Waals surface area contributed by atoms with Gasteiger partial charge in [0.05, 0.1) is 33.9 Å². The summed E-state index contributed by atoms with van der Waals surface area (Å²) in [6, 6.07) is 15.3. The second kappa shape index (κ2) is 11.5. The van der Waals surface area contributed by atoms with Crippen molar-refractivity contribution in [1.29, 1.82) is 0 Å². The smallest absolute Gasteiger partial charge is 0.406 e. The predicted octanol–water partition coefficient (Wildman–Crippen LogP) is 7.28. The molecule has 3 aromatic carbocycles. The first-order chi connectivity index (χ1) is 20.2. The van der Waals surface area contributed by atoms with Crippen LogP contribution in [0.1, 0.15) is 18.1 Å². The summed E-state index contributed by atoms with van der Waals surface area (Å²) >= 11 is 7.07. The molecule has 0 aliphatic carbocycles. The summed E-state index contributed by atoms with van der Waals surface area (Å²) in [5.41, 5.74) is -1.35. The molecule has 1 atom stereocenters. The van der Waals surface area contributed by atoms with Crippen LogP contribution in [0.15, 0.2) is 83.2 Å². The number of thioether (sulfide) groups is 1. The minimum absolute atomic E-state index is 0.0317. The molecule has 1 N–H and O–H groups in total. The van der Waals surface area contributed by atoms with E-state index in [2.05, 4.69) is 24.9 Å². The van der Waals surface area contributed by atoms with Gasteiger partial charge in [0.2, 0.25) is 0 Å². The molecule has 1 aromatic heterocycles. The Hall–Kier alpha value is -4.08. The zero-order chi connectivity index (χ0) is 31.0. The summed E-state index contributed by atoms with van der Waals surface area (Å²) in [5.74, 6) is 0.0733. The first-order valence-electron chi connectivity index (χ1n) is 12.2. The number of halogens is 7. The molecule has 0 spiro atoms. The van der Waals surface area contributed by atoms with Crippen LogP contribution in [0.3, 0.4) is 0 Å². The van der Waals surface area contributed by atoms with Crippen molar-refractivity contribution in [1.82, 2.24) is 19.8 Å². The molecule has 0 radical (unpaired) electrons. The third-order valence-electron chi connectivity index (χ3n) is 5.93. The van der Waals surface area contributed by atoms with E-state index in [9.17, 15) is 31.4 Å². The van der Waals surface area contributed by atoms with Gasteiger partial charge in [-0.05, 0) is 48.9 Å². The van der Waals surface area contributed by atoms with Gasteiger partial charge in [-0.1, -0.05) is 53.7 Å². The van der Waals surface area contributed by atoms with Crippen molar-refractivity contribution in [3.8, 4) is 22.8 Å². The first-order valence-corrected chi connectivity index (χ1v) is 13.6. The van der Waals surface area contributed by atoms with E-state index in [1.807, 2.05) is 0 Å². The highest BCUT2D eigenvalue weighted by atomic mass is 35.5. The molecule has 16 heteroatoms. The Morgan fingerprint density at radius 2 is 1.72 bits per heavy atom. The Labute approximate surface area is 249 Å². The van der Waals surface area contributed by atoms with E-state index in [4.69, 9.17) is 11.6 Å². The number of hydrogen-bond donors (Lipinski definition) is 1. The lowest BCUT2D eigenvalue weighted by atomic mass is 10.1. The number of hydrogen-bond acceptors (Lipinski definition) is 7. The van der Waals surface area contributed by atoms with Gasteiger partial charge in [0.25, 0.3) is 0 Å². The molecule has 4 aromatic rings. The number of nitrogens with zero attached hydrogens (tertiary/aromatic N) is 6. The van der Waals surface area contributed by atoms with E-state index in [1.54, 1.807) is 24.3 Å². The molecular formula is C27H19ClF6N6O2S. The molecule has 0 bridgehead atoms. The highest BCUT2D eigenvalue weighted by molar-refractivity contribution is 8.14. The van der Waals surface area contributed by atoms with Gasteiger partial charge in [0.1, 0.15) is 12.1 Å². The number of aliphatic imine (C=N–C) groups is 1. The molecule has 0 amide bonds. The van der Waals surface area contributed by atoms with E-state index in [-0.39, 0.29) is 21.7 Å². The molecule has 1 aliphatic rings. The van der Waals surface area contributed by atoms with Gasteiger partial charge in [0, 0.05) is 5.56 Å². The quantitative estimate of drug-likeness (QED) is 0.176. The van der Waals surface area contributed by atoms with Crippen LogP contribution in [0.2, 0.25) is 5.02 Å². The largest absolute Gasteiger partial charge is 0.573 e. The second-order valence-corrected chi connectivity index (χ2v) is 10.6. The van der Waals surface area contributed by atoms with Gasteiger partial charge in [-0.2, -0.15) is 18.3 Å². The van der Waals surface area contributed by atoms with Crippen LogP contribution in [0.25, 0.3) is 17.1 Å². The molecule has 1 fully saturated rings. The number of benzene rings is 3. The van der Waals surface area contributed by atoms with Crippen LogP contribution in [0.5, 0.6) is 5.75 Å². The minimum atomic E-state index is -4.79. The summed E-state index contributed by atoms with van der Waals surface area (Å²) in [6.07, 6.45) is -6.67. The summed E-state index contributed by atoms with van der Waals surface area (Å²) in [5, 5.41) is 20.4. The standard InChI is InChI=1S/C27H19ClF6N6O2S/c1-25(41)14-43-24(37-22-20(26(29,30)31)3-2-4-21(22)28)40(25)36-13-16-5-7-17(8-6-16)23-35-15-39(38-23)18-9-11-19(12-10-18)42-27(32,33)34/h2-13,15,41H,14H2,1H3/b36-13+,37-24-. The molecule has 1 saturated heterocycles. The predicted molar refractivity (Wildman–Crippen MR) is 150 cm³/mol. The molecule has 224 valence electrons. The van der Waals surface area contributed by atoms with Gasteiger partial charge < -0.3 is 9.84 Å². The Morgan fingerprint density at radius 3 is 2.37 bits per heavy atom. The van der Waals surface area contributed by atoms with Crippen LogP contribution in [-0.2, 0) is 6.18 Å². The van der Waals surface area contributed by atoms with Crippen molar-refractivity contribution in [2.75, 3.05) is 5.75 Å². The molecule has 2 heterocycles. The van der Waals surface area contributed by atoms with Crippen molar-refractivity contribution in [2.45, 2.75) is 25.2 Å². The molecule has 1 unspecified atom stereocenters. The third-order valence-corrected chi connectivity index (χ3v) is 7.45. The Morgan fingerprint density at radius 1 is 1.02 bits per heavy atom. The SMILES string of the molecule is CC1(O)CS/C(=N\c2c(Cl)cccc2C(F)(F)F)N1/N=C/c1ccc(-c2ncn(-c3ccc(OC(F)(F)F)cc3)n2)cc1. The summed E-state index contributed by atoms with van der Waals surface area (Å²) in [7, 11) is 0. The molecule has 43 heavy (non-hydrogen) atoms. The van der Waals surface area contributed by atoms with Crippen LogP contribution in [-0.4, -0.2) is 54.1 Å². The average molecular weight is 641 g/mol. The van der Waals surface area contributed by atoms with Gasteiger partial charge >= 0.3 is 12.5 Å². The van der Waals surface area contributed by atoms with Gasteiger partial charge in [-0.15, -0.1) is 18.3 Å². The maximum atomic E-state index is 13.6. The van der Waals surface area contributed by atoms with Crippen molar-refractivity contribution in [3.63, 3.8) is 0 Å². The number of alkyl halides is 6. The average Bonchev–Trinajstić information content (AvgIpc) is 3.52. The molecule has 5 rings (SSSR count). The normalized spacial score (nSPS) is 18.6. The molecule has 0 saturated carbocycles. The molecule has 8 nitrogen and oxygen atoms in total. The number of aromatic nitrogens is 3. The van der Waals surface area contributed by atoms with Gasteiger partial charge in [-0.3, -0.25) is 0 Å². The summed E-state index contributed by atoms with van der Waals surface area (Å²) in [4.78, 5) is 8.36. The lowest BCUT2D eigenvalue weighted by Gasteiger charge is -2.25. The van der Waals surface area contributed by atoms with Crippen molar-refractivity contribution >= 4 is 40.4 Å². The van der Waals surface area contributed by atoms with Crippen molar-refractivity contribution in [3.05, 3.63) is 89.2 Å². The van der Waals surface area contributed by atoms with E-state index in [0.29, 0.717) is 22.6 Å². The number of rotatable bonds is 6. The number of aliphatic hydroxyl groups is 1. The highest BCUT2D eigenvalue weighted by Gasteiger charge is 2.41. The van der Waals surface area contributed by atoms with E-state index >= 15 is 0 Å². The fraction of sp³-hybridized carbons (Fsp3) is 0.185. The lowest BCUT2D eigenvalue weighted by molar-refractivity contribution is -0.274. The van der Waals surface area contributed by atoms with E-state index < -0.39 is 29.5 Å². The first kappa shape index (κ1) is 30.4. The van der Waals surface area contributed by atoms with Crippen LogP contribution >= 0.6 is 23.4 Å². The summed E-state index contributed by atoms with van der Waals surface area (Å²) < 4.78 is 83.1. The Kier molecular flexibility index (Phi) is 8.15. The maximum absolute atomic E-state index is 13.6. The lowest BCUT2D eigenvalue weighted by Crippen LogP contribution is -2.41. The number of hydrazone groups is 1. The van der Waals surface area contributed by atoms with E-state index in [1.165, 1.54) is 48.4 Å². The maximum Gasteiger partial charge on any atom is 0.573 e. The topological polar surface area (TPSA) is 88.1 Å². The highest BCUT2D eigenvalue weighted by Crippen LogP contribution is 2.42. The fourth-order valence-corrected chi connectivity index (χ4v) is 5.16. The van der Waals surface area contributed by atoms with Crippen molar-refractivity contribution in [2.24, 2.45) is 10.1 Å². The number of amidine groups is 1. The fourth-order valence-electron chi connectivity index (χ4n) is 3.90. The van der Waals surface area contributed by atoms with E-state index in [0.717, 1.165) is 35.0 Å². The number of para-hydroxylation sites is 1.